The predicted octanol–water partition coefficient (Wildman–Crippen LogP) is 2.52. The molecule has 1 saturated carbocycles. The van der Waals surface area contributed by atoms with Gasteiger partial charge in [0.2, 0.25) is 5.91 Å². The van der Waals surface area contributed by atoms with Gasteiger partial charge in [-0.3, -0.25) is 9.36 Å². The van der Waals surface area contributed by atoms with Crippen molar-refractivity contribution in [1.29, 1.82) is 0 Å². The number of carbonyl (C=O) groups is 1. The summed E-state index contributed by atoms with van der Waals surface area (Å²) in [6.07, 6.45) is 7.69. The smallest absolute Gasteiger partial charge is 0.408 e. The summed E-state index contributed by atoms with van der Waals surface area (Å²) in [5.74, 6) is -1.04. The number of fused-ring (bicyclic) bond motifs is 1. The van der Waals surface area contributed by atoms with Gasteiger partial charge in [-0.25, -0.2) is 13.2 Å². The Morgan fingerprint density at radius 1 is 1.19 bits per heavy atom. The average Bonchev–Trinajstić information content (AvgIpc) is 2.89. The van der Waals surface area contributed by atoms with Crippen molar-refractivity contribution in [1.82, 2.24) is 9.88 Å². The van der Waals surface area contributed by atoms with Crippen LogP contribution in [0.5, 0.6) is 0 Å². The molecule has 1 fully saturated rings. The third kappa shape index (κ3) is 4.80. The first-order chi connectivity index (χ1) is 12.9. The van der Waals surface area contributed by atoms with Crippen molar-refractivity contribution in [3.63, 3.8) is 0 Å². The maximum absolute atomic E-state index is 12.6. The second-order valence-electron chi connectivity index (χ2n) is 7.23. The number of hydrogen-bond acceptors (Lipinski definition) is 5. The summed E-state index contributed by atoms with van der Waals surface area (Å²) in [4.78, 5) is 23.8. The molecule has 7 nitrogen and oxygen atoms in total. The van der Waals surface area contributed by atoms with Crippen LogP contribution in [0.25, 0.3) is 11.1 Å². The van der Waals surface area contributed by atoms with Crippen LogP contribution in [-0.2, 0) is 21.7 Å². The molecule has 0 atom stereocenters. The lowest BCUT2D eigenvalue weighted by Crippen LogP contribution is -2.36. The fourth-order valence-electron chi connectivity index (χ4n) is 3.55. The minimum Gasteiger partial charge on any atom is -0.408 e. The summed E-state index contributed by atoms with van der Waals surface area (Å²) >= 11 is 0. The van der Waals surface area contributed by atoms with Crippen LogP contribution < -0.4 is 11.1 Å². The molecule has 1 heterocycles. The van der Waals surface area contributed by atoms with Crippen molar-refractivity contribution in [2.45, 2.75) is 62.3 Å². The van der Waals surface area contributed by atoms with Crippen molar-refractivity contribution in [3.8, 4) is 0 Å². The number of amides is 1. The van der Waals surface area contributed by atoms with E-state index in [1.54, 1.807) is 13.1 Å². The van der Waals surface area contributed by atoms with E-state index in [0.717, 1.165) is 25.7 Å². The molecule has 1 aromatic carbocycles. The Bertz CT molecular complexity index is 966. The molecular weight excluding hydrogens is 368 g/mol. The zero-order chi connectivity index (χ0) is 19.4. The maximum atomic E-state index is 12.6. The SMILES string of the molecule is Cn1c(=O)oc2cc(S(=O)(=O)CCC(=O)NC3CCCCCCC3)ccc21. The van der Waals surface area contributed by atoms with E-state index in [0.29, 0.717) is 5.52 Å². The number of hydrogen-bond donors (Lipinski definition) is 1. The third-order valence-electron chi connectivity index (χ3n) is 5.19. The summed E-state index contributed by atoms with van der Waals surface area (Å²) in [7, 11) is -2.08. The molecule has 27 heavy (non-hydrogen) atoms. The average molecular weight is 394 g/mol. The highest BCUT2D eigenvalue weighted by molar-refractivity contribution is 7.91. The first-order valence-electron chi connectivity index (χ1n) is 9.48. The van der Waals surface area contributed by atoms with Crippen LogP contribution in [0.1, 0.15) is 51.4 Å². The van der Waals surface area contributed by atoms with Gasteiger partial charge in [0.25, 0.3) is 0 Å². The molecule has 0 spiro atoms. The van der Waals surface area contributed by atoms with Crippen LogP contribution in [0.2, 0.25) is 0 Å². The van der Waals surface area contributed by atoms with Crippen molar-refractivity contribution in [3.05, 3.63) is 28.7 Å². The molecule has 3 rings (SSSR count). The number of nitrogens with zero attached hydrogens (tertiary/aromatic N) is 1. The van der Waals surface area contributed by atoms with Gasteiger partial charge in [-0.05, 0) is 25.0 Å². The van der Waals surface area contributed by atoms with E-state index in [1.807, 2.05) is 0 Å². The summed E-state index contributed by atoms with van der Waals surface area (Å²) in [6.45, 7) is 0. The van der Waals surface area contributed by atoms with Gasteiger partial charge in [-0.2, -0.15) is 0 Å². The Hall–Kier alpha value is -2.09. The number of sulfone groups is 1. The highest BCUT2D eigenvalue weighted by atomic mass is 32.2. The van der Waals surface area contributed by atoms with Gasteiger partial charge in [0, 0.05) is 25.6 Å². The Labute approximate surface area is 158 Å². The van der Waals surface area contributed by atoms with Crippen LogP contribution in [0.4, 0.5) is 0 Å². The van der Waals surface area contributed by atoms with Crippen molar-refractivity contribution in [2.75, 3.05) is 5.75 Å². The molecule has 0 unspecified atom stereocenters. The van der Waals surface area contributed by atoms with Gasteiger partial charge < -0.3 is 9.73 Å². The van der Waals surface area contributed by atoms with Crippen molar-refractivity contribution >= 4 is 26.8 Å². The highest BCUT2D eigenvalue weighted by Gasteiger charge is 2.20. The van der Waals surface area contributed by atoms with E-state index in [4.69, 9.17) is 4.42 Å². The van der Waals surface area contributed by atoms with Crippen LogP contribution in [0, 0.1) is 0 Å². The number of aromatic nitrogens is 1. The zero-order valence-electron chi connectivity index (χ0n) is 15.6. The Balaban J connectivity index is 1.62. The molecule has 0 radical (unpaired) electrons. The molecule has 1 aliphatic carbocycles. The lowest BCUT2D eigenvalue weighted by Gasteiger charge is -2.21. The van der Waals surface area contributed by atoms with Gasteiger partial charge in [0.15, 0.2) is 15.4 Å². The Morgan fingerprint density at radius 2 is 1.85 bits per heavy atom. The summed E-state index contributed by atoms with van der Waals surface area (Å²) in [5, 5.41) is 2.98. The number of benzene rings is 1. The first kappa shape index (κ1) is 19.7. The largest absolute Gasteiger partial charge is 0.419 e. The normalized spacial score (nSPS) is 16.8. The lowest BCUT2D eigenvalue weighted by molar-refractivity contribution is -0.121. The van der Waals surface area contributed by atoms with E-state index < -0.39 is 15.6 Å². The molecule has 1 aliphatic rings. The van der Waals surface area contributed by atoms with E-state index in [1.165, 1.54) is 36.0 Å². The van der Waals surface area contributed by atoms with Crippen LogP contribution >= 0.6 is 0 Å². The molecule has 1 aromatic heterocycles. The number of rotatable bonds is 5. The van der Waals surface area contributed by atoms with E-state index >= 15 is 0 Å². The van der Waals surface area contributed by atoms with Gasteiger partial charge in [0.05, 0.1) is 16.2 Å². The number of carbonyl (C=O) groups excluding carboxylic acids is 1. The second-order valence-corrected chi connectivity index (χ2v) is 9.34. The highest BCUT2D eigenvalue weighted by Crippen LogP contribution is 2.20. The molecule has 148 valence electrons. The van der Waals surface area contributed by atoms with Gasteiger partial charge in [-0.15, -0.1) is 0 Å². The van der Waals surface area contributed by atoms with Crippen molar-refractivity contribution in [2.24, 2.45) is 7.05 Å². The maximum Gasteiger partial charge on any atom is 0.419 e. The summed E-state index contributed by atoms with van der Waals surface area (Å²) < 4.78 is 31.5. The number of oxazole rings is 1. The van der Waals surface area contributed by atoms with E-state index in [9.17, 15) is 18.0 Å². The van der Waals surface area contributed by atoms with E-state index in [-0.39, 0.29) is 34.6 Å². The molecule has 0 aliphatic heterocycles. The molecular formula is C19H26N2O5S. The quantitative estimate of drug-likeness (QED) is 0.840. The minimum absolute atomic E-state index is 0.0584. The fourth-order valence-corrected chi connectivity index (χ4v) is 4.80. The van der Waals surface area contributed by atoms with Crippen molar-refractivity contribution < 1.29 is 17.6 Å². The Kier molecular flexibility index (Phi) is 6.04. The van der Waals surface area contributed by atoms with Crippen LogP contribution in [-0.4, -0.2) is 30.7 Å². The number of nitrogens with one attached hydrogen (secondary N) is 1. The topological polar surface area (TPSA) is 98.4 Å². The van der Waals surface area contributed by atoms with E-state index in [2.05, 4.69) is 5.32 Å². The second kappa shape index (κ2) is 8.29. The summed E-state index contributed by atoms with van der Waals surface area (Å²) in [5.41, 5.74) is 0.753. The fraction of sp³-hybridized carbons (Fsp3) is 0.579. The molecule has 8 heteroatoms. The monoisotopic (exact) mass is 394 g/mol. The molecule has 1 N–H and O–H groups in total. The third-order valence-corrected chi connectivity index (χ3v) is 6.90. The van der Waals surface area contributed by atoms with Gasteiger partial charge in [-0.1, -0.05) is 32.1 Å². The standard InChI is InChI=1S/C19H26N2O5S/c1-21-16-10-9-15(13-17(16)26-19(21)23)27(24,25)12-11-18(22)20-14-7-5-3-2-4-6-8-14/h9-10,13-14H,2-8,11-12H2,1H3,(H,20,22). The van der Waals surface area contributed by atoms with Crippen LogP contribution in [0.3, 0.4) is 0 Å². The zero-order valence-corrected chi connectivity index (χ0v) is 16.4. The minimum atomic E-state index is -3.64. The Morgan fingerprint density at radius 3 is 2.56 bits per heavy atom. The lowest BCUT2D eigenvalue weighted by atomic mass is 9.97. The molecule has 0 saturated heterocycles. The van der Waals surface area contributed by atoms with Crippen LogP contribution in [0.15, 0.2) is 32.3 Å². The molecule has 2 aromatic rings. The van der Waals surface area contributed by atoms with Gasteiger partial charge in [0.1, 0.15) is 0 Å². The molecule has 1 amide bonds. The predicted molar refractivity (Wildman–Crippen MR) is 102 cm³/mol. The number of aryl methyl sites for hydroxylation is 1. The van der Waals surface area contributed by atoms with Gasteiger partial charge >= 0.3 is 5.76 Å². The molecule has 0 bridgehead atoms. The summed E-state index contributed by atoms with van der Waals surface area (Å²) in [6, 6.07) is 4.48. The first-order valence-corrected chi connectivity index (χ1v) is 11.1.